The Balaban J connectivity index is 2.94. The van der Waals surface area contributed by atoms with Gasteiger partial charge in [-0.1, -0.05) is 6.07 Å². The van der Waals surface area contributed by atoms with Gasteiger partial charge in [0.25, 0.3) is 0 Å². The Morgan fingerprint density at radius 2 is 1.80 bits per heavy atom. The van der Waals surface area contributed by atoms with Gasteiger partial charge in [-0.25, -0.2) is 0 Å². The maximum Gasteiger partial charge on any atom is 0.573 e. The van der Waals surface area contributed by atoms with Crippen LogP contribution in [0.5, 0.6) is 11.5 Å². The Hall–Kier alpha value is -1.46. The molecule has 0 aliphatic carbocycles. The third kappa shape index (κ3) is 3.30. The van der Waals surface area contributed by atoms with Crippen LogP contribution in [-0.4, -0.2) is 13.0 Å². The molecule has 1 aromatic carbocycles. The molecule has 0 saturated heterocycles. The number of benzene rings is 1. The molecule has 2 nitrogen and oxygen atoms in total. The zero-order valence-corrected chi connectivity index (χ0v) is 7.77. The van der Waals surface area contributed by atoms with E-state index in [9.17, 15) is 17.6 Å². The van der Waals surface area contributed by atoms with Crippen molar-refractivity contribution >= 4 is 0 Å². The Kier molecular flexibility index (Phi) is 3.39. The van der Waals surface area contributed by atoms with E-state index in [0.717, 1.165) is 6.07 Å². The first-order valence-electron chi connectivity index (χ1n) is 4.11. The van der Waals surface area contributed by atoms with Gasteiger partial charge in [-0.3, -0.25) is 0 Å². The molecule has 0 unspecified atom stereocenters. The van der Waals surface area contributed by atoms with E-state index in [2.05, 4.69) is 4.74 Å². The third-order valence-electron chi connectivity index (χ3n) is 1.45. The smallest absolute Gasteiger partial charge is 0.491 e. The first-order valence-corrected chi connectivity index (χ1v) is 4.11. The van der Waals surface area contributed by atoms with Crippen LogP contribution in [0.4, 0.5) is 17.6 Å². The molecule has 1 rings (SSSR count). The number of rotatable bonds is 3. The van der Waals surface area contributed by atoms with E-state index in [1.807, 2.05) is 0 Å². The van der Waals surface area contributed by atoms with Gasteiger partial charge in [0.15, 0.2) is 11.5 Å². The Bertz CT molecular complexity index is 335. The summed E-state index contributed by atoms with van der Waals surface area (Å²) in [6.07, 6.45) is -4.91. The van der Waals surface area contributed by atoms with Crippen molar-refractivity contribution in [3.8, 4) is 11.5 Å². The van der Waals surface area contributed by atoms with E-state index in [0.29, 0.717) is 0 Å². The minimum Gasteiger partial charge on any atom is -0.491 e. The lowest BCUT2D eigenvalue weighted by Crippen LogP contribution is -2.18. The first-order chi connectivity index (χ1) is 6.94. The molecule has 0 saturated carbocycles. The second-order valence-corrected chi connectivity index (χ2v) is 2.55. The van der Waals surface area contributed by atoms with Gasteiger partial charge in [-0.05, 0) is 19.1 Å². The van der Waals surface area contributed by atoms with Gasteiger partial charge >= 0.3 is 6.36 Å². The number of alkyl halides is 3. The average Bonchev–Trinajstić information content (AvgIpc) is 2.10. The predicted molar refractivity (Wildman–Crippen MR) is 44.3 cm³/mol. The summed E-state index contributed by atoms with van der Waals surface area (Å²) in [4.78, 5) is 0. The molecule has 84 valence electrons. The zero-order valence-electron chi connectivity index (χ0n) is 7.77. The van der Waals surface area contributed by atoms with Crippen molar-refractivity contribution in [3.05, 3.63) is 24.0 Å². The minimum absolute atomic E-state index is 0.159. The summed E-state index contributed by atoms with van der Waals surface area (Å²) in [5.74, 6) is -2.32. The maximum atomic E-state index is 13.2. The van der Waals surface area contributed by atoms with Crippen molar-refractivity contribution in [1.82, 2.24) is 0 Å². The van der Waals surface area contributed by atoms with Gasteiger partial charge in [-0.2, -0.15) is 4.39 Å². The number of hydrogen-bond acceptors (Lipinski definition) is 2. The van der Waals surface area contributed by atoms with Crippen molar-refractivity contribution in [2.45, 2.75) is 13.3 Å². The lowest BCUT2D eigenvalue weighted by atomic mass is 10.3. The maximum absolute atomic E-state index is 13.2. The summed E-state index contributed by atoms with van der Waals surface area (Å²) in [6.45, 7) is 1.75. The molecule has 0 N–H and O–H groups in total. The van der Waals surface area contributed by atoms with Crippen LogP contribution in [0.3, 0.4) is 0 Å². The number of halogens is 4. The molecule has 1 aromatic rings. The van der Waals surface area contributed by atoms with Crippen LogP contribution in [0.15, 0.2) is 18.2 Å². The highest BCUT2D eigenvalue weighted by Crippen LogP contribution is 2.30. The monoisotopic (exact) mass is 224 g/mol. The van der Waals surface area contributed by atoms with Crippen molar-refractivity contribution in [1.29, 1.82) is 0 Å². The highest BCUT2D eigenvalue weighted by molar-refractivity contribution is 5.35. The van der Waals surface area contributed by atoms with Crippen LogP contribution in [0.1, 0.15) is 6.92 Å². The van der Waals surface area contributed by atoms with Crippen LogP contribution >= 0.6 is 0 Å². The van der Waals surface area contributed by atoms with Crippen LogP contribution in [0.2, 0.25) is 0 Å². The molecule has 0 spiro atoms. The largest absolute Gasteiger partial charge is 0.573 e. The molecule has 0 heterocycles. The zero-order chi connectivity index (χ0) is 11.5. The summed E-state index contributed by atoms with van der Waals surface area (Å²) in [6, 6.07) is 3.32. The third-order valence-corrected chi connectivity index (χ3v) is 1.45. The van der Waals surface area contributed by atoms with Gasteiger partial charge in [0.1, 0.15) is 0 Å². The van der Waals surface area contributed by atoms with Crippen molar-refractivity contribution in [3.63, 3.8) is 0 Å². The number of hydrogen-bond donors (Lipinski definition) is 0. The van der Waals surface area contributed by atoms with Gasteiger partial charge in [0.05, 0.1) is 6.61 Å². The van der Waals surface area contributed by atoms with Crippen LogP contribution in [-0.2, 0) is 0 Å². The average molecular weight is 224 g/mol. The lowest BCUT2D eigenvalue weighted by Gasteiger charge is -2.11. The normalized spacial score (nSPS) is 11.3. The first kappa shape index (κ1) is 11.6. The van der Waals surface area contributed by atoms with E-state index in [-0.39, 0.29) is 12.4 Å². The second-order valence-electron chi connectivity index (χ2n) is 2.55. The molecule has 6 heteroatoms. The van der Waals surface area contributed by atoms with Crippen molar-refractivity contribution < 1.29 is 27.0 Å². The topological polar surface area (TPSA) is 18.5 Å². The molecular formula is C9H8F4O2. The van der Waals surface area contributed by atoms with Crippen LogP contribution < -0.4 is 9.47 Å². The fraction of sp³-hybridized carbons (Fsp3) is 0.333. The summed E-state index contributed by atoms with van der Waals surface area (Å²) in [7, 11) is 0. The van der Waals surface area contributed by atoms with Gasteiger partial charge in [0.2, 0.25) is 5.82 Å². The van der Waals surface area contributed by atoms with Crippen molar-refractivity contribution in [2.24, 2.45) is 0 Å². The summed E-state index contributed by atoms with van der Waals surface area (Å²) in [5.41, 5.74) is 0. The molecule has 15 heavy (non-hydrogen) atoms. The Morgan fingerprint density at radius 3 is 2.33 bits per heavy atom. The standard InChI is InChI=1S/C9H8F4O2/c1-2-14-6-4-3-5-7(8(6)10)15-9(11,12)13/h3-5H,2H2,1H3. The van der Waals surface area contributed by atoms with Crippen LogP contribution in [0, 0.1) is 5.82 Å². The molecule has 0 bridgehead atoms. The highest BCUT2D eigenvalue weighted by Gasteiger charge is 2.32. The van der Waals surface area contributed by atoms with Gasteiger partial charge < -0.3 is 9.47 Å². The molecule has 0 radical (unpaired) electrons. The molecule has 0 aliphatic heterocycles. The summed E-state index contributed by atoms with van der Waals surface area (Å²) < 4.78 is 56.9. The predicted octanol–water partition coefficient (Wildman–Crippen LogP) is 3.12. The quantitative estimate of drug-likeness (QED) is 0.734. The fourth-order valence-corrected chi connectivity index (χ4v) is 0.961. The Morgan fingerprint density at radius 1 is 1.20 bits per heavy atom. The molecule has 0 aliphatic rings. The SMILES string of the molecule is CCOc1cccc(OC(F)(F)F)c1F. The van der Waals surface area contributed by atoms with E-state index in [4.69, 9.17) is 4.74 Å². The minimum atomic E-state index is -4.91. The van der Waals surface area contributed by atoms with E-state index in [1.54, 1.807) is 6.92 Å². The van der Waals surface area contributed by atoms with E-state index in [1.165, 1.54) is 12.1 Å². The summed E-state index contributed by atoms with van der Waals surface area (Å²) in [5, 5.41) is 0. The number of ether oxygens (including phenoxy) is 2. The molecule has 0 atom stereocenters. The van der Waals surface area contributed by atoms with Crippen molar-refractivity contribution in [2.75, 3.05) is 6.61 Å². The van der Waals surface area contributed by atoms with Crippen LogP contribution in [0.25, 0.3) is 0 Å². The summed E-state index contributed by atoms with van der Waals surface area (Å²) >= 11 is 0. The Labute approximate surface area is 83.4 Å². The second kappa shape index (κ2) is 4.37. The molecule has 0 fully saturated rings. The van der Waals surface area contributed by atoms with Gasteiger partial charge in [-0.15, -0.1) is 13.2 Å². The molecule has 0 amide bonds. The van der Waals surface area contributed by atoms with E-state index < -0.39 is 17.9 Å². The highest BCUT2D eigenvalue weighted by atomic mass is 19.4. The van der Waals surface area contributed by atoms with E-state index >= 15 is 0 Å². The molecule has 0 aromatic heterocycles. The van der Waals surface area contributed by atoms with Gasteiger partial charge in [0, 0.05) is 0 Å². The lowest BCUT2D eigenvalue weighted by molar-refractivity contribution is -0.275. The fourth-order valence-electron chi connectivity index (χ4n) is 0.961. The molecular weight excluding hydrogens is 216 g/mol.